The molecule has 0 radical (unpaired) electrons. The first-order valence-corrected chi connectivity index (χ1v) is 5.06. The van der Waals surface area contributed by atoms with Crippen LogP contribution in [0.4, 0.5) is 17.6 Å². The molecular weight excluding hydrogens is 292 g/mol. The fourth-order valence-electron chi connectivity index (χ4n) is 1.44. The summed E-state index contributed by atoms with van der Waals surface area (Å²) >= 11 is 5.35. The van der Waals surface area contributed by atoms with Gasteiger partial charge in [-0.1, -0.05) is 11.6 Å². The molecule has 0 aliphatic carbocycles. The molecule has 0 atom stereocenters. The third kappa shape index (κ3) is 2.14. The van der Waals surface area contributed by atoms with Gasteiger partial charge < -0.3 is 0 Å². The highest BCUT2D eigenvalue weighted by atomic mass is 35.5. The summed E-state index contributed by atoms with van der Waals surface area (Å²) in [4.78, 5) is 24.8. The van der Waals surface area contributed by atoms with Crippen LogP contribution in [0.1, 0.15) is 0 Å². The lowest BCUT2D eigenvalue weighted by atomic mass is 10.2. The maximum absolute atomic E-state index is 13.5. The Morgan fingerprint density at radius 2 is 1.53 bits per heavy atom. The van der Waals surface area contributed by atoms with E-state index in [9.17, 15) is 27.2 Å². The van der Waals surface area contributed by atoms with Crippen LogP contribution in [0.5, 0.6) is 0 Å². The van der Waals surface area contributed by atoms with E-state index in [0.717, 1.165) is 0 Å². The number of aromatic amines is 1. The summed E-state index contributed by atoms with van der Waals surface area (Å²) < 4.78 is 52.9. The van der Waals surface area contributed by atoms with Gasteiger partial charge in [0.1, 0.15) is 10.8 Å². The first kappa shape index (κ1) is 13.3. The zero-order valence-electron chi connectivity index (χ0n) is 8.81. The fraction of sp³-hybridized carbons (Fsp3) is 0. The molecule has 0 spiro atoms. The number of halogens is 5. The van der Waals surface area contributed by atoms with Crippen LogP contribution in [-0.2, 0) is 0 Å². The van der Waals surface area contributed by atoms with Crippen molar-refractivity contribution in [3.8, 4) is 5.69 Å². The highest BCUT2D eigenvalue weighted by Gasteiger charge is 2.23. The number of aromatic nitrogens is 2. The van der Waals surface area contributed by atoms with E-state index in [0.29, 0.717) is 6.07 Å². The fourth-order valence-corrected chi connectivity index (χ4v) is 1.61. The molecule has 0 aliphatic heterocycles. The average Bonchev–Trinajstić information content (AvgIpc) is 2.30. The topological polar surface area (TPSA) is 54.9 Å². The number of nitrogens with one attached hydrogen (secondary N) is 1. The Bertz CT molecular complexity index is 727. The lowest BCUT2D eigenvalue weighted by Gasteiger charge is -2.08. The van der Waals surface area contributed by atoms with Crippen molar-refractivity contribution in [1.82, 2.24) is 9.55 Å². The van der Waals surface area contributed by atoms with Gasteiger partial charge in [0.2, 0.25) is 0 Å². The molecule has 9 heteroatoms. The van der Waals surface area contributed by atoms with Crippen LogP contribution in [0.15, 0.2) is 21.7 Å². The van der Waals surface area contributed by atoms with E-state index in [1.807, 2.05) is 4.98 Å². The van der Waals surface area contributed by atoms with Crippen molar-refractivity contribution in [1.29, 1.82) is 0 Å². The van der Waals surface area contributed by atoms with Crippen LogP contribution in [-0.4, -0.2) is 9.55 Å². The quantitative estimate of drug-likeness (QED) is 0.495. The maximum atomic E-state index is 13.5. The number of nitrogens with zero attached hydrogens (tertiary/aromatic N) is 1. The van der Waals surface area contributed by atoms with Crippen molar-refractivity contribution < 1.29 is 17.6 Å². The highest BCUT2D eigenvalue weighted by molar-refractivity contribution is 6.29. The van der Waals surface area contributed by atoms with Crippen LogP contribution in [0, 0.1) is 23.3 Å². The monoisotopic (exact) mass is 294 g/mol. The first-order valence-electron chi connectivity index (χ1n) is 4.68. The lowest BCUT2D eigenvalue weighted by molar-refractivity contribution is 0.445. The van der Waals surface area contributed by atoms with Gasteiger partial charge in [-0.2, -0.15) is 0 Å². The molecule has 0 bridgehead atoms. The van der Waals surface area contributed by atoms with Crippen molar-refractivity contribution in [2.24, 2.45) is 0 Å². The van der Waals surface area contributed by atoms with Crippen molar-refractivity contribution in [2.75, 3.05) is 0 Å². The molecule has 0 saturated heterocycles. The van der Waals surface area contributed by atoms with Gasteiger partial charge in [-0.3, -0.25) is 9.78 Å². The second-order valence-electron chi connectivity index (χ2n) is 3.41. The van der Waals surface area contributed by atoms with E-state index in [1.54, 1.807) is 0 Å². The molecule has 1 aromatic carbocycles. The second kappa shape index (κ2) is 4.54. The van der Waals surface area contributed by atoms with E-state index in [4.69, 9.17) is 11.6 Å². The van der Waals surface area contributed by atoms with Crippen molar-refractivity contribution in [3.05, 3.63) is 61.4 Å². The highest BCUT2D eigenvalue weighted by Crippen LogP contribution is 2.21. The molecule has 4 nitrogen and oxygen atoms in total. The summed E-state index contributed by atoms with van der Waals surface area (Å²) in [6.07, 6.45) is 0. The number of hydrogen-bond donors (Lipinski definition) is 1. The van der Waals surface area contributed by atoms with Gasteiger partial charge in [0.25, 0.3) is 5.56 Å². The number of benzene rings is 1. The van der Waals surface area contributed by atoms with Gasteiger partial charge in [0.05, 0.1) is 0 Å². The van der Waals surface area contributed by atoms with Gasteiger partial charge in [-0.05, 0) is 0 Å². The SMILES string of the molecule is O=c1cc(Cl)[nH]c(=O)n1-c1c(F)c(F)cc(F)c1F. The summed E-state index contributed by atoms with van der Waals surface area (Å²) in [7, 11) is 0. The number of hydrogen-bond acceptors (Lipinski definition) is 2. The van der Waals surface area contributed by atoms with E-state index in [1.165, 1.54) is 0 Å². The molecule has 19 heavy (non-hydrogen) atoms. The second-order valence-corrected chi connectivity index (χ2v) is 3.82. The van der Waals surface area contributed by atoms with E-state index >= 15 is 0 Å². The predicted molar refractivity (Wildman–Crippen MR) is 57.5 cm³/mol. The van der Waals surface area contributed by atoms with Gasteiger partial charge in [-0.15, -0.1) is 0 Å². The third-order valence-corrected chi connectivity index (χ3v) is 2.42. The maximum Gasteiger partial charge on any atom is 0.334 e. The minimum atomic E-state index is -1.87. The zero-order valence-corrected chi connectivity index (χ0v) is 9.56. The van der Waals surface area contributed by atoms with Gasteiger partial charge in [0.15, 0.2) is 23.3 Å². The molecule has 2 rings (SSSR count). The predicted octanol–water partition coefficient (Wildman–Crippen LogP) is 1.74. The van der Waals surface area contributed by atoms with Gasteiger partial charge >= 0.3 is 5.69 Å². The third-order valence-electron chi connectivity index (χ3n) is 2.21. The Balaban J connectivity index is 2.96. The molecule has 0 unspecified atom stereocenters. The molecule has 1 heterocycles. The van der Waals surface area contributed by atoms with Gasteiger partial charge in [-0.25, -0.2) is 26.9 Å². The van der Waals surface area contributed by atoms with Crippen LogP contribution in [0.3, 0.4) is 0 Å². The Morgan fingerprint density at radius 3 is 2.00 bits per heavy atom. The van der Waals surface area contributed by atoms with Crippen LogP contribution in [0.25, 0.3) is 5.69 Å². The molecule has 100 valence electrons. The lowest BCUT2D eigenvalue weighted by Crippen LogP contribution is -2.34. The molecule has 1 aromatic heterocycles. The Kier molecular flexibility index (Phi) is 3.19. The minimum Gasteiger partial charge on any atom is -0.297 e. The normalized spacial score (nSPS) is 10.8. The molecule has 0 fully saturated rings. The summed E-state index contributed by atoms with van der Waals surface area (Å²) in [5.74, 6) is -7.21. The first-order chi connectivity index (χ1) is 8.82. The van der Waals surface area contributed by atoms with Crippen LogP contribution in [0.2, 0.25) is 5.15 Å². The Morgan fingerprint density at radius 1 is 1.00 bits per heavy atom. The van der Waals surface area contributed by atoms with Crippen molar-refractivity contribution in [3.63, 3.8) is 0 Å². The van der Waals surface area contributed by atoms with E-state index in [2.05, 4.69) is 0 Å². The molecule has 0 saturated carbocycles. The number of rotatable bonds is 1. The van der Waals surface area contributed by atoms with Gasteiger partial charge in [0, 0.05) is 12.1 Å². The minimum absolute atomic E-state index is 0.0384. The van der Waals surface area contributed by atoms with Crippen molar-refractivity contribution >= 4 is 11.6 Å². The summed E-state index contributed by atoms with van der Waals surface area (Å²) in [6.45, 7) is 0. The van der Waals surface area contributed by atoms with E-state index < -0.39 is 40.2 Å². The Hall–Kier alpha value is -2.09. The summed E-state index contributed by atoms with van der Waals surface area (Å²) in [5.41, 5.74) is -4.02. The zero-order chi connectivity index (χ0) is 14.3. The average molecular weight is 295 g/mol. The smallest absolute Gasteiger partial charge is 0.297 e. The molecule has 0 aliphatic rings. The summed E-state index contributed by atoms with van der Waals surface area (Å²) in [6, 6.07) is 0.591. The summed E-state index contributed by atoms with van der Waals surface area (Å²) in [5, 5.41) is -0.385. The van der Waals surface area contributed by atoms with Crippen LogP contribution < -0.4 is 11.2 Å². The molecular formula is C10H3ClF4N2O2. The van der Waals surface area contributed by atoms with E-state index in [-0.39, 0.29) is 15.8 Å². The number of H-pyrrole nitrogens is 1. The largest absolute Gasteiger partial charge is 0.334 e. The molecule has 1 N–H and O–H groups in total. The molecule has 2 aromatic rings. The Labute approximate surface area is 106 Å². The van der Waals surface area contributed by atoms with Crippen molar-refractivity contribution in [2.45, 2.75) is 0 Å². The molecule has 0 amide bonds. The van der Waals surface area contributed by atoms with Crippen LogP contribution >= 0.6 is 11.6 Å². The standard InChI is InChI=1S/C10H3ClF4N2O2/c11-5-2-6(18)17(10(19)16-5)9-7(14)3(12)1-4(13)8(9)15/h1-2H,(H,16,19).